The molecule has 2 aromatic carbocycles. The molecule has 0 aliphatic rings. The SMILES string of the molecule is OCC(=C=CC[C@@H](O)c1ccc(O)c2ccccc12)C[C@@H](O)c1ccco1. The van der Waals surface area contributed by atoms with Crippen molar-refractivity contribution in [2.45, 2.75) is 25.0 Å². The number of fused-ring (bicyclic) bond motifs is 1. The van der Waals surface area contributed by atoms with E-state index in [1.165, 1.54) is 6.26 Å². The second-order valence-electron chi connectivity index (χ2n) is 6.32. The summed E-state index contributed by atoms with van der Waals surface area (Å²) < 4.78 is 5.15. The van der Waals surface area contributed by atoms with E-state index in [-0.39, 0.29) is 25.2 Å². The van der Waals surface area contributed by atoms with Crippen LogP contribution in [0.15, 0.2) is 76.6 Å². The van der Waals surface area contributed by atoms with Gasteiger partial charge in [0.1, 0.15) is 17.6 Å². The Balaban J connectivity index is 1.74. The normalized spacial score (nSPS) is 13.1. The van der Waals surface area contributed by atoms with Gasteiger partial charge >= 0.3 is 0 Å². The van der Waals surface area contributed by atoms with E-state index in [2.05, 4.69) is 5.73 Å². The number of aliphatic hydroxyl groups is 3. The number of furan rings is 1. The molecule has 5 heteroatoms. The zero-order valence-corrected chi connectivity index (χ0v) is 14.7. The Morgan fingerprint density at radius 3 is 2.48 bits per heavy atom. The van der Waals surface area contributed by atoms with Crippen molar-refractivity contribution in [3.63, 3.8) is 0 Å². The Morgan fingerprint density at radius 2 is 1.78 bits per heavy atom. The molecule has 2 atom stereocenters. The largest absolute Gasteiger partial charge is 0.507 e. The molecule has 27 heavy (non-hydrogen) atoms. The standard InChI is InChI=1S/C22H22O5/c23-14-15(13-21(26)22-9-4-12-27-22)5-3-8-19(24)18-10-11-20(25)17-7-2-1-6-16(17)18/h1-4,6-7,9-12,19,21,23-26H,8,13-14H2/t5?,19-,21-/m1/s1. The maximum absolute atomic E-state index is 10.5. The number of benzene rings is 2. The minimum atomic E-state index is -0.853. The summed E-state index contributed by atoms with van der Waals surface area (Å²) in [5.41, 5.74) is 4.18. The Hall–Kier alpha value is -2.82. The molecule has 4 N–H and O–H groups in total. The monoisotopic (exact) mass is 366 g/mol. The van der Waals surface area contributed by atoms with Crippen molar-refractivity contribution in [1.82, 2.24) is 0 Å². The lowest BCUT2D eigenvalue weighted by Crippen LogP contribution is -2.00. The molecule has 1 heterocycles. The van der Waals surface area contributed by atoms with Gasteiger partial charge in [-0.3, -0.25) is 0 Å². The summed E-state index contributed by atoms with van der Waals surface area (Å²) in [6.45, 7) is -0.244. The third kappa shape index (κ3) is 4.48. The number of aliphatic hydroxyl groups excluding tert-OH is 3. The van der Waals surface area contributed by atoms with Crippen molar-refractivity contribution in [1.29, 1.82) is 0 Å². The van der Waals surface area contributed by atoms with Crippen LogP contribution in [0.5, 0.6) is 5.75 Å². The summed E-state index contributed by atoms with van der Waals surface area (Å²) in [7, 11) is 0. The average Bonchev–Trinajstić information content (AvgIpc) is 3.22. The Bertz CT molecular complexity index is 952. The van der Waals surface area contributed by atoms with Gasteiger partial charge in [0.2, 0.25) is 0 Å². The first-order valence-corrected chi connectivity index (χ1v) is 8.74. The van der Waals surface area contributed by atoms with Crippen molar-refractivity contribution in [2.75, 3.05) is 6.61 Å². The van der Waals surface area contributed by atoms with Crippen LogP contribution in [-0.4, -0.2) is 27.0 Å². The smallest absolute Gasteiger partial charge is 0.132 e. The zero-order valence-electron chi connectivity index (χ0n) is 14.7. The molecule has 0 saturated carbocycles. The third-order valence-electron chi connectivity index (χ3n) is 4.44. The molecule has 0 aliphatic heterocycles. The van der Waals surface area contributed by atoms with Crippen LogP contribution in [0.2, 0.25) is 0 Å². The van der Waals surface area contributed by atoms with E-state index >= 15 is 0 Å². The fourth-order valence-electron chi connectivity index (χ4n) is 3.02. The first-order valence-electron chi connectivity index (χ1n) is 8.74. The molecule has 0 fully saturated rings. The molecule has 0 spiro atoms. The second kappa shape index (κ2) is 8.71. The van der Waals surface area contributed by atoms with Gasteiger partial charge in [0, 0.05) is 18.2 Å². The van der Waals surface area contributed by atoms with Crippen LogP contribution in [0.3, 0.4) is 0 Å². The number of hydrogen-bond donors (Lipinski definition) is 4. The average molecular weight is 366 g/mol. The first kappa shape index (κ1) is 19.0. The maximum Gasteiger partial charge on any atom is 0.132 e. The number of phenolic OH excluding ortho intramolecular Hbond substituents is 1. The molecule has 1 aromatic heterocycles. The van der Waals surface area contributed by atoms with Crippen LogP contribution < -0.4 is 0 Å². The van der Waals surface area contributed by atoms with Gasteiger partial charge < -0.3 is 24.8 Å². The van der Waals surface area contributed by atoms with Crippen LogP contribution in [0.1, 0.15) is 36.4 Å². The first-order chi connectivity index (χ1) is 13.1. The number of phenols is 1. The van der Waals surface area contributed by atoms with Gasteiger partial charge in [-0.15, -0.1) is 5.73 Å². The topological polar surface area (TPSA) is 94.1 Å². The Kier molecular flexibility index (Phi) is 6.12. The lowest BCUT2D eigenvalue weighted by atomic mass is 9.98. The molecule has 0 unspecified atom stereocenters. The molecule has 3 rings (SSSR count). The van der Waals surface area contributed by atoms with E-state index in [0.717, 1.165) is 5.39 Å². The Labute approximate surface area is 157 Å². The summed E-state index contributed by atoms with van der Waals surface area (Å²) >= 11 is 0. The van der Waals surface area contributed by atoms with Crippen LogP contribution in [0.25, 0.3) is 10.8 Å². The minimum absolute atomic E-state index is 0.173. The van der Waals surface area contributed by atoms with E-state index in [1.807, 2.05) is 18.2 Å². The number of rotatable bonds is 7. The maximum atomic E-state index is 10.5. The Morgan fingerprint density at radius 1 is 1.00 bits per heavy atom. The van der Waals surface area contributed by atoms with E-state index < -0.39 is 12.2 Å². The molecular weight excluding hydrogens is 344 g/mol. The molecule has 0 aliphatic carbocycles. The van der Waals surface area contributed by atoms with Crippen LogP contribution >= 0.6 is 0 Å². The summed E-state index contributed by atoms with van der Waals surface area (Å²) in [5.74, 6) is 0.602. The van der Waals surface area contributed by atoms with Gasteiger partial charge in [0.15, 0.2) is 0 Å². The molecule has 5 nitrogen and oxygen atoms in total. The minimum Gasteiger partial charge on any atom is -0.507 e. The van der Waals surface area contributed by atoms with E-state index in [1.54, 1.807) is 36.4 Å². The molecule has 3 aromatic rings. The van der Waals surface area contributed by atoms with Crippen molar-refractivity contribution >= 4 is 10.8 Å². The quantitative estimate of drug-likeness (QED) is 0.478. The highest BCUT2D eigenvalue weighted by Gasteiger charge is 2.13. The number of aromatic hydroxyl groups is 1. The van der Waals surface area contributed by atoms with Gasteiger partial charge in [-0.05, 0) is 40.8 Å². The van der Waals surface area contributed by atoms with E-state index in [9.17, 15) is 20.4 Å². The molecule has 0 bridgehead atoms. The summed E-state index contributed by atoms with van der Waals surface area (Å²) in [4.78, 5) is 0. The van der Waals surface area contributed by atoms with Crippen molar-refractivity contribution in [3.8, 4) is 5.75 Å². The fraction of sp³-hybridized carbons (Fsp3) is 0.227. The molecule has 0 amide bonds. The third-order valence-corrected chi connectivity index (χ3v) is 4.44. The predicted molar refractivity (Wildman–Crippen MR) is 102 cm³/mol. The lowest BCUT2D eigenvalue weighted by Gasteiger charge is -2.13. The van der Waals surface area contributed by atoms with Crippen molar-refractivity contribution in [3.05, 3.63) is 83.5 Å². The van der Waals surface area contributed by atoms with Gasteiger partial charge in [-0.1, -0.05) is 30.3 Å². The lowest BCUT2D eigenvalue weighted by molar-refractivity contribution is 0.145. The summed E-state index contributed by atoms with van der Waals surface area (Å²) in [6.07, 6.45) is 1.97. The fourth-order valence-corrected chi connectivity index (χ4v) is 3.02. The van der Waals surface area contributed by atoms with Gasteiger partial charge in [0.25, 0.3) is 0 Å². The second-order valence-corrected chi connectivity index (χ2v) is 6.32. The molecule has 0 saturated heterocycles. The van der Waals surface area contributed by atoms with Crippen molar-refractivity contribution < 1.29 is 24.8 Å². The molecular formula is C22H22O5. The van der Waals surface area contributed by atoms with Gasteiger partial charge in [-0.2, -0.15) is 0 Å². The summed E-state index contributed by atoms with van der Waals surface area (Å²) in [6, 6.07) is 14.0. The van der Waals surface area contributed by atoms with E-state index in [0.29, 0.717) is 22.3 Å². The highest BCUT2D eigenvalue weighted by atomic mass is 16.4. The molecule has 140 valence electrons. The van der Waals surface area contributed by atoms with E-state index in [4.69, 9.17) is 4.42 Å². The van der Waals surface area contributed by atoms with Crippen LogP contribution in [0, 0.1) is 0 Å². The van der Waals surface area contributed by atoms with Crippen molar-refractivity contribution in [2.24, 2.45) is 0 Å². The highest BCUT2D eigenvalue weighted by molar-refractivity contribution is 5.91. The predicted octanol–water partition coefficient (Wildman–Crippen LogP) is 3.76. The van der Waals surface area contributed by atoms with Gasteiger partial charge in [0.05, 0.1) is 19.0 Å². The zero-order chi connectivity index (χ0) is 19.2. The molecule has 0 radical (unpaired) electrons. The summed E-state index contributed by atoms with van der Waals surface area (Å²) in [5, 5.41) is 41.5. The number of hydrogen-bond acceptors (Lipinski definition) is 5. The highest BCUT2D eigenvalue weighted by Crippen LogP contribution is 2.32. The van der Waals surface area contributed by atoms with Gasteiger partial charge in [-0.25, -0.2) is 0 Å². The van der Waals surface area contributed by atoms with Crippen LogP contribution in [-0.2, 0) is 0 Å². The van der Waals surface area contributed by atoms with Crippen LogP contribution in [0.4, 0.5) is 0 Å².